The highest BCUT2D eigenvalue weighted by Crippen LogP contribution is 2.16. The molecule has 1 heterocycles. The maximum Gasteiger partial charge on any atom is 0.196 e. The Morgan fingerprint density at radius 3 is 2.92 bits per heavy atom. The number of oxazole rings is 1. The first-order valence-corrected chi connectivity index (χ1v) is 4.68. The highest BCUT2D eigenvalue weighted by molar-refractivity contribution is 6.20. The third-order valence-corrected chi connectivity index (χ3v) is 1.95. The van der Waals surface area contributed by atoms with E-state index >= 15 is 0 Å². The molecule has 2 aromatic rings. The molecule has 2 rings (SSSR count). The van der Waals surface area contributed by atoms with Crippen LogP contribution in [0, 0.1) is 0 Å². The lowest BCUT2D eigenvalue weighted by atomic mass is 10.3. The van der Waals surface area contributed by atoms with Crippen LogP contribution in [0.3, 0.4) is 0 Å². The summed E-state index contributed by atoms with van der Waals surface area (Å²) in [6.07, 6.45) is 0.677. The average Bonchev–Trinajstić information content (AvgIpc) is 2.44. The number of fused-ring (bicyclic) bond motifs is 1. The maximum atomic E-state index is 5.84. The summed E-state index contributed by atoms with van der Waals surface area (Å²) in [7, 11) is 0. The Kier molecular flexibility index (Phi) is 2.23. The van der Waals surface area contributed by atoms with Gasteiger partial charge in [-0.25, -0.2) is 4.98 Å². The normalized spacial score (nSPS) is 13.4. The Morgan fingerprint density at radius 1 is 1.46 bits per heavy atom. The van der Waals surface area contributed by atoms with E-state index in [1.165, 1.54) is 0 Å². The Morgan fingerprint density at radius 2 is 2.23 bits per heavy atom. The van der Waals surface area contributed by atoms with Gasteiger partial charge in [-0.3, -0.25) is 0 Å². The molecule has 0 bridgehead atoms. The lowest BCUT2D eigenvalue weighted by molar-refractivity contribution is 0.527. The van der Waals surface area contributed by atoms with Crippen molar-refractivity contribution in [2.75, 3.05) is 0 Å². The number of nitrogens with zero attached hydrogens (tertiary/aromatic N) is 1. The molecule has 1 aromatic carbocycles. The van der Waals surface area contributed by atoms with Crippen LogP contribution in [-0.4, -0.2) is 10.4 Å². The molecule has 1 atom stereocenters. The molecule has 0 amide bonds. The number of alkyl halides is 1. The Balaban J connectivity index is 2.38. The summed E-state index contributed by atoms with van der Waals surface area (Å²) in [5, 5.41) is 0.0630. The first-order chi connectivity index (χ1) is 6.25. The van der Waals surface area contributed by atoms with Crippen molar-refractivity contribution in [2.45, 2.75) is 18.7 Å². The first kappa shape index (κ1) is 8.57. The van der Waals surface area contributed by atoms with Crippen LogP contribution in [0.2, 0.25) is 0 Å². The highest BCUT2D eigenvalue weighted by Gasteiger charge is 2.07. The molecule has 0 spiro atoms. The lowest BCUT2D eigenvalue weighted by Crippen LogP contribution is -1.96. The summed E-state index contributed by atoms with van der Waals surface area (Å²) in [6.45, 7) is 1.93. The van der Waals surface area contributed by atoms with Crippen molar-refractivity contribution < 1.29 is 4.42 Å². The number of para-hydroxylation sites is 2. The van der Waals surface area contributed by atoms with Crippen LogP contribution in [0.4, 0.5) is 0 Å². The van der Waals surface area contributed by atoms with E-state index in [1.54, 1.807) is 0 Å². The number of rotatable bonds is 2. The van der Waals surface area contributed by atoms with Gasteiger partial charge < -0.3 is 4.42 Å². The molecular formula is C10H10ClNO. The fourth-order valence-electron chi connectivity index (χ4n) is 1.25. The van der Waals surface area contributed by atoms with Gasteiger partial charge in [-0.2, -0.15) is 0 Å². The topological polar surface area (TPSA) is 26.0 Å². The van der Waals surface area contributed by atoms with E-state index in [-0.39, 0.29) is 5.38 Å². The van der Waals surface area contributed by atoms with Crippen LogP contribution in [0.25, 0.3) is 11.1 Å². The second-order valence-electron chi connectivity index (χ2n) is 3.06. The third-order valence-electron chi connectivity index (χ3n) is 1.79. The molecule has 1 unspecified atom stereocenters. The van der Waals surface area contributed by atoms with Crippen molar-refractivity contribution in [3.63, 3.8) is 0 Å². The highest BCUT2D eigenvalue weighted by atomic mass is 35.5. The van der Waals surface area contributed by atoms with Gasteiger partial charge in [0.25, 0.3) is 0 Å². The summed E-state index contributed by atoms with van der Waals surface area (Å²) < 4.78 is 5.48. The Labute approximate surface area is 81.5 Å². The summed E-state index contributed by atoms with van der Waals surface area (Å²) in [4.78, 5) is 4.30. The van der Waals surface area contributed by atoms with Gasteiger partial charge in [0.1, 0.15) is 5.52 Å². The van der Waals surface area contributed by atoms with Crippen molar-refractivity contribution in [2.24, 2.45) is 0 Å². The van der Waals surface area contributed by atoms with Gasteiger partial charge in [-0.15, -0.1) is 11.6 Å². The molecule has 0 aliphatic carbocycles. The third kappa shape index (κ3) is 1.83. The van der Waals surface area contributed by atoms with E-state index in [1.807, 2.05) is 31.2 Å². The summed E-state index contributed by atoms with van der Waals surface area (Å²) in [5.74, 6) is 0.712. The van der Waals surface area contributed by atoms with Gasteiger partial charge in [0.2, 0.25) is 0 Å². The van der Waals surface area contributed by atoms with E-state index in [2.05, 4.69) is 4.98 Å². The fourth-order valence-corrected chi connectivity index (χ4v) is 1.38. The van der Waals surface area contributed by atoms with Crippen LogP contribution in [0.15, 0.2) is 28.7 Å². The summed E-state index contributed by atoms with van der Waals surface area (Å²) in [6, 6.07) is 7.71. The summed E-state index contributed by atoms with van der Waals surface area (Å²) >= 11 is 5.84. The predicted molar refractivity (Wildman–Crippen MR) is 53.0 cm³/mol. The van der Waals surface area contributed by atoms with Gasteiger partial charge in [-0.05, 0) is 19.1 Å². The molecule has 0 saturated carbocycles. The van der Waals surface area contributed by atoms with Gasteiger partial charge in [0.15, 0.2) is 11.5 Å². The number of hydrogen-bond donors (Lipinski definition) is 0. The van der Waals surface area contributed by atoms with Crippen LogP contribution >= 0.6 is 11.6 Å². The van der Waals surface area contributed by atoms with Gasteiger partial charge in [0.05, 0.1) is 0 Å². The number of aromatic nitrogens is 1. The lowest BCUT2D eigenvalue weighted by Gasteiger charge is -1.94. The van der Waals surface area contributed by atoms with Crippen LogP contribution in [0.1, 0.15) is 12.8 Å². The van der Waals surface area contributed by atoms with E-state index in [0.29, 0.717) is 12.3 Å². The van der Waals surface area contributed by atoms with Gasteiger partial charge in [0, 0.05) is 11.8 Å². The minimum Gasteiger partial charge on any atom is -0.441 e. The molecule has 1 aromatic heterocycles. The second kappa shape index (κ2) is 3.38. The van der Waals surface area contributed by atoms with Crippen LogP contribution < -0.4 is 0 Å². The predicted octanol–water partition coefficient (Wildman–Crippen LogP) is 3.00. The molecule has 0 fully saturated rings. The van der Waals surface area contributed by atoms with E-state index in [4.69, 9.17) is 16.0 Å². The van der Waals surface area contributed by atoms with Crippen molar-refractivity contribution in [3.05, 3.63) is 30.2 Å². The molecule has 0 aliphatic rings. The Bertz CT molecular complexity index is 375. The standard InChI is InChI=1S/C10H10ClNO/c1-7(11)6-10-12-8-4-2-3-5-9(8)13-10/h2-5,7H,6H2,1H3. The molecule has 68 valence electrons. The SMILES string of the molecule is CC(Cl)Cc1nc2ccccc2o1. The summed E-state index contributed by atoms with van der Waals surface area (Å²) in [5.41, 5.74) is 1.73. The Hall–Kier alpha value is -1.02. The molecule has 0 saturated heterocycles. The molecule has 0 aliphatic heterocycles. The maximum absolute atomic E-state index is 5.84. The van der Waals surface area contributed by atoms with Crippen LogP contribution in [0.5, 0.6) is 0 Å². The zero-order chi connectivity index (χ0) is 9.26. The van der Waals surface area contributed by atoms with Crippen molar-refractivity contribution >= 4 is 22.7 Å². The minimum atomic E-state index is 0.0630. The number of halogens is 1. The van der Waals surface area contributed by atoms with Gasteiger partial charge >= 0.3 is 0 Å². The number of benzene rings is 1. The fraction of sp³-hybridized carbons (Fsp3) is 0.300. The molecule has 0 radical (unpaired) electrons. The average molecular weight is 196 g/mol. The van der Waals surface area contributed by atoms with Crippen molar-refractivity contribution in [1.82, 2.24) is 4.98 Å². The smallest absolute Gasteiger partial charge is 0.196 e. The molecular weight excluding hydrogens is 186 g/mol. The van der Waals surface area contributed by atoms with E-state index in [0.717, 1.165) is 11.1 Å². The quantitative estimate of drug-likeness (QED) is 0.689. The molecule has 0 N–H and O–H groups in total. The monoisotopic (exact) mass is 195 g/mol. The molecule has 3 heteroatoms. The molecule has 2 nitrogen and oxygen atoms in total. The minimum absolute atomic E-state index is 0.0630. The van der Waals surface area contributed by atoms with Crippen molar-refractivity contribution in [1.29, 1.82) is 0 Å². The first-order valence-electron chi connectivity index (χ1n) is 4.24. The van der Waals surface area contributed by atoms with Crippen LogP contribution in [-0.2, 0) is 6.42 Å². The van der Waals surface area contributed by atoms with Crippen molar-refractivity contribution in [3.8, 4) is 0 Å². The zero-order valence-corrected chi connectivity index (χ0v) is 8.08. The largest absolute Gasteiger partial charge is 0.441 e. The second-order valence-corrected chi connectivity index (χ2v) is 3.81. The van der Waals surface area contributed by atoms with E-state index < -0.39 is 0 Å². The molecule has 13 heavy (non-hydrogen) atoms. The van der Waals surface area contributed by atoms with Gasteiger partial charge in [-0.1, -0.05) is 12.1 Å². The van der Waals surface area contributed by atoms with E-state index in [9.17, 15) is 0 Å². The zero-order valence-electron chi connectivity index (χ0n) is 7.33. The number of hydrogen-bond acceptors (Lipinski definition) is 2.